The molecule has 0 amide bonds. The zero-order valence-electron chi connectivity index (χ0n) is 19.5. The van der Waals surface area contributed by atoms with Crippen LogP contribution < -0.4 is 0 Å². The summed E-state index contributed by atoms with van der Waals surface area (Å²) in [5.41, 5.74) is 7.19. The van der Waals surface area contributed by atoms with Gasteiger partial charge in [-0.2, -0.15) is 0 Å². The van der Waals surface area contributed by atoms with Crippen LogP contribution in [-0.4, -0.2) is 21.4 Å². The molecule has 35 heavy (non-hydrogen) atoms. The van der Waals surface area contributed by atoms with Crippen molar-refractivity contribution >= 4 is 22.7 Å². The topological polar surface area (TPSA) is 65.7 Å². The van der Waals surface area contributed by atoms with Gasteiger partial charge in [-0.25, -0.2) is 4.98 Å². The fourth-order valence-corrected chi connectivity index (χ4v) is 5.25. The normalized spacial score (nSPS) is 13.8. The van der Waals surface area contributed by atoms with Crippen molar-refractivity contribution in [2.45, 2.75) is 19.3 Å². The first-order valence-electron chi connectivity index (χ1n) is 11.6. The molecule has 0 saturated heterocycles. The van der Waals surface area contributed by atoms with Crippen LogP contribution in [0.4, 0.5) is 5.69 Å². The Hall–Kier alpha value is -4.44. The number of aromatic nitrogens is 1. The van der Waals surface area contributed by atoms with Gasteiger partial charge in [-0.3, -0.25) is 4.99 Å². The van der Waals surface area contributed by atoms with Gasteiger partial charge >= 0.3 is 0 Å². The summed E-state index contributed by atoms with van der Waals surface area (Å²) in [4.78, 5) is 9.49. The average Bonchev–Trinajstić information content (AvgIpc) is 3.10. The fourth-order valence-electron chi connectivity index (χ4n) is 5.25. The van der Waals surface area contributed by atoms with Crippen LogP contribution in [0.1, 0.15) is 30.7 Å². The van der Waals surface area contributed by atoms with Crippen molar-refractivity contribution in [1.29, 1.82) is 0 Å². The molecule has 6 rings (SSSR count). The molecule has 1 aliphatic rings. The van der Waals surface area contributed by atoms with Crippen LogP contribution in [0.3, 0.4) is 0 Å². The summed E-state index contributed by atoms with van der Waals surface area (Å²) in [7, 11) is 0. The van der Waals surface area contributed by atoms with Gasteiger partial charge in [0.2, 0.25) is 0 Å². The Labute approximate surface area is 203 Å². The van der Waals surface area contributed by atoms with Crippen molar-refractivity contribution in [3.05, 3.63) is 108 Å². The number of aliphatic imine (C=N–C) groups is 1. The Balaban J connectivity index is 1.47. The lowest BCUT2D eigenvalue weighted by Crippen LogP contribution is -2.14. The van der Waals surface area contributed by atoms with Gasteiger partial charge in [-0.15, -0.1) is 0 Å². The number of pyridine rings is 1. The zero-order valence-corrected chi connectivity index (χ0v) is 19.5. The molecule has 0 unspecified atom stereocenters. The third-order valence-corrected chi connectivity index (χ3v) is 6.95. The van der Waals surface area contributed by atoms with E-state index in [0.29, 0.717) is 22.5 Å². The van der Waals surface area contributed by atoms with Crippen molar-refractivity contribution in [3.63, 3.8) is 0 Å². The molecule has 4 heteroatoms. The molecule has 0 aliphatic heterocycles. The minimum absolute atomic E-state index is 0.163. The summed E-state index contributed by atoms with van der Waals surface area (Å²) < 4.78 is 0. The first-order chi connectivity index (χ1) is 16.9. The molecule has 4 nitrogen and oxygen atoms in total. The van der Waals surface area contributed by atoms with E-state index < -0.39 is 0 Å². The molecule has 0 spiro atoms. The molecule has 0 saturated carbocycles. The molecule has 0 bridgehead atoms. The lowest BCUT2D eigenvalue weighted by molar-refractivity contribution is 0.477. The molecule has 5 aromatic rings. The number of phenols is 2. The van der Waals surface area contributed by atoms with Gasteiger partial charge in [0.05, 0.1) is 28.9 Å². The van der Waals surface area contributed by atoms with Crippen molar-refractivity contribution in [1.82, 2.24) is 4.98 Å². The Kier molecular flexibility index (Phi) is 4.71. The largest absolute Gasteiger partial charge is 0.507 e. The van der Waals surface area contributed by atoms with Gasteiger partial charge in [0.1, 0.15) is 11.5 Å². The van der Waals surface area contributed by atoms with Crippen molar-refractivity contribution in [3.8, 4) is 33.9 Å². The summed E-state index contributed by atoms with van der Waals surface area (Å²) in [5, 5.41) is 23.0. The zero-order chi connectivity index (χ0) is 24.2. The summed E-state index contributed by atoms with van der Waals surface area (Å²) in [6.07, 6.45) is 1.70. The lowest BCUT2D eigenvalue weighted by atomic mass is 9.82. The predicted molar refractivity (Wildman–Crippen MR) is 142 cm³/mol. The number of rotatable bonds is 3. The number of fused-ring (bicyclic) bond motifs is 4. The van der Waals surface area contributed by atoms with Gasteiger partial charge in [-0.1, -0.05) is 74.5 Å². The third-order valence-electron chi connectivity index (χ3n) is 6.95. The second-order valence-corrected chi connectivity index (χ2v) is 9.41. The number of aromatic hydroxyl groups is 2. The molecule has 0 atom stereocenters. The van der Waals surface area contributed by atoms with Crippen LogP contribution in [0.5, 0.6) is 11.5 Å². The van der Waals surface area contributed by atoms with Crippen molar-refractivity contribution in [2.24, 2.45) is 4.99 Å². The lowest BCUT2D eigenvalue weighted by Gasteiger charge is -2.21. The van der Waals surface area contributed by atoms with Gasteiger partial charge in [0.25, 0.3) is 0 Å². The van der Waals surface area contributed by atoms with Gasteiger partial charge < -0.3 is 10.2 Å². The number of hydrogen-bond acceptors (Lipinski definition) is 4. The van der Waals surface area contributed by atoms with E-state index in [2.05, 4.69) is 37.0 Å². The Bertz CT molecular complexity index is 1640. The van der Waals surface area contributed by atoms with E-state index in [1.165, 1.54) is 11.1 Å². The van der Waals surface area contributed by atoms with E-state index in [9.17, 15) is 10.2 Å². The Morgan fingerprint density at radius 1 is 0.714 bits per heavy atom. The minimum Gasteiger partial charge on any atom is -0.507 e. The second kappa shape index (κ2) is 7.81. The third kappa shape index (κ3) is 3.29. The molecule has 0 radical (unpaired) electrons. The van der Waals surface area contributed by atoms with E-state index in [0.717, 1.165) is 22.1 Å². The highest BCUT2D eigenvalue weighted by Gasteiger charge is 2.37. The van der Waals surface area contributed by atoms with E-state index >= 15 is 0 Å². The molecule has 170 valence electrons. The van der Waals surface area contributed by atoms with Crippen molar-refractivity contribution in [2.75, 3.05) is 0 Å². The Morgan fingerprint density at radius 2 is 1.49 bits per heavy atom. The first kappa shape index (κ1) is 21.1. The quantitative estimate of drug-likeness (QED) is 0.279. The number of hydrogen-bond donors (Lipinski definition) is 2. The molecule has 1 aliphatic carbocycles. The number of benzene rings is 4. The maximum absolute atomic E-state index is 11.0. The average molecular weight is 457 g/mol. The SMILES string of the molecule is CC1(C)c2ccccc2-c2c1ccc(O)c2-c1cccc(C=Nc2cccc3cccc(O)c23)n1. The van der Waals surface area contributed by atoms with Gasteiger partial charge in [0.15, 0.2) is 0 Å². The maximum atomic E-state index is 11.0. The first-order valence-corrected chi connectivity index (χ1v) is 11.6. The fraction of sp³-hybridized carbons (Fsp3) is 0.0968. The molecule has 1 heterocycles. The summed E-state index contributed by atoms with van der Waals surface area (Å²) in [6, 6.07) is 29.1. The smallest absolute Gasteiger partial charge is 0.125 e. The van der Waals surface area contributed by atoms with Gasteiger partial charge in [-0.05, 0) is 58.0 Å². The van der Waals surface area contributed by atoms with Crippen molar-refractivity contribution < 1.29 is 10.2 Å². The maximum Gasteiger partial charge on any atom is 0.125 e. The van der Waals surface area contributed by atoms with E-state index in [-0.39, 0.29) is 16.9 Å². The van der Waals surface area contributed by atoms with E-state index in [4.69, 9.17) is 4.98 Å². The molecule has 2 N–H and O–H groups in total. The van der Waals surface area contributed by atoms with Crippen LogP contribution in [0, 0.1) is 0 Å². The van der Waals surface area contributed by atoms with Crippen LogP contribution in [0.2, 0.25) is 0 Å². The highest BCUT2D eigenvalue weighted by atomic mass is 16.3. The minimum atomic E-state index is -0.163. The van der Waals surface area contributed by atoms with Gasteiger partial charge in [0, 0.05) is 10.8 Å². The van der Waals surface area contributed by atoms with E-state index in [1.807, 2.05) is 60.7 Å². The Morgan fingerprint density at radius 3 is 2.34 bits per heavy atom. The molecule has 0 fully saturated rings. The summed E-state index contributed by atoms with van der Waals surface area (Å²) in [5.74, 6) is 0.403. The molecular weight excluding hydrogens is 432 g/mol. The monoisotopic (exact) mass is 456 g/mol. The van der Waals surface area contributed by atoms with Crippen LogP contribution in [-0.2, 0) is 5.41 Å². The highest BCUT2D eigenvalue weighted by Crippen LogP contribution is 2.53. The number of nitrogens with zero attached hydrogens (tertiary/aromatic N) is 2. The molecular formula is C31H24N2O2. The summed E-state index contributed by atoms with van der Waals surface area (Å²) >= 11 is 0. The second-order valence-electron chi connectivity index (χ2n) is 9.41. The van der Waals surface area contributed by atoms with Crippen LogP contribution >= 0.6 is 0 Å². The predicted octanol–water partition coefficient (Wildman–Crippen LogP) is 7.37. The standard InChI is InChI=1S/C31H24N2O2/c1-31(2)22-12-4-3-11-21(22)29-23(31)16-17-27(35)30(29)25-14-7-10-20(33-25)18-32-24-13-5-8-19-9-6-15-26(34)28(19)24/h3-18,34-35H,1-2H3. The van der Waals surface area contributed by atoms with Crippen LogP contribution in [0.15, 0.2) is 96.0 Å². The number of phenolic OH excluding ortho intramolecular Hbond substituents is 2. The van der Waals surface area contributed by atoms with E-state index in [1.54, 1.807) is 18.3 Å². The van der Waals surface area contributed by atoms with Crippen LogP contribution in [0.25, 0.3) is 33.2 Å². The molecule has 1 aromatic heterocycles. The highest BCUT2D eigenvalue weighted by molar-refractivity contribution is 5.99. The molecule has 4 aromatic carbocycles. The summed E-state index contributed by atoms with van der Waals surface area (Å²) in [6.45, 7) is 4.43.